The van der Waals surface area contributed by atoms with Gasteiger partial charge in [0.25, 0.3) is 0 Å². The normalized spacial score (nSPS) is 13.4. The highest BCUT2D eigenvalue weighted by Gasteiger charge is 2.30. The summed E-state index contributed by atoms with van der Waals surface area (Å²) in [6, 6.07) is 24.3. The number of ether oxygens (including phenoxy) is 2. The van der Waals surface area contributed by atoms with Gasteiger partial charge in [-0.25, -0.2) is 4.98 Å². The maximum absolute atomic E-state index is 13.0. The molecule has 2 aromatic carbocycles. The van der Waals surface area contributed by atoms with E-state index >= 15 is 0 Å². The molecular weight excluding hydrogens is 412 g/mol. The second kappa shape index (κ2) is 11.1. The van der Waals surface area contributed by atoms with Gasteiger partial charge in [0, 0.05) is 30.9 Å². The molecule has 1 aromatic heterocycles. The van der Waals surface area contributed by atoms with E-state index in [1.165, 1.54) is 11.1 Å². The SMILES string of the molecule is COc1ccc(C(CC(=O)OC(C)(C)C)N(Cc2ccccc2)C(C)c2ccccc2)cn1. The lowest BCUT2D eigenvalue weighted by Gasteiger charge is -2.37. The van der Waals surface area contributed by atoms with E-state index in [-0.39, 0.29) is 24.5 Å². The smallest absolute Gasteiger partial charge is 0.308 e. The highest BCUT2D eigenvalue weighted by atomic mass is 16.6. The quantitative estimate of drug-likeness (QED) is 0.370. The highest BCUT2D eigenvalue weighted by Crippen LogP contribution is 2.35. The number of hydrogen-bond acceptors (Lipinski definition) is 5. The van der Waals surface area contributed by atoms with Crippen LogP contribution in [0.5, 0.6) is 5.88 Å². The maximum atomic E-state index is 13.0. The fourth-order valence-corrected chi connectivity index (χ4v) is 3.91. The summed E-state index contributed by atoms with van der Waals surface area (Å²) in [4.78, 5) is 19.8. The largest absolute Gasteiger partial charge is 0.481 e. The van der Waals surface area contributed by atoms with Crippen LogP contribution in [-0.2, 0) is 16.1 Å². The molecule has 5 heteroatoms. The van der Waals surface area contributed by atoms with Gasteiger partial charge in [-0.3, -0.25) is 9.69 Å². The zero-order valence-corrected chi connectivity index (χ0v) is 20.2. The first-order valence-corrected chi connectivity index (χ1v) is 11.3. The molecule has 0 saturated heterocycles. The molecule has 1 heterocycles. The van der Waals surface area contributed by atoms with Crippen LogP contribution in [0.25, 0.3) is 0 Å². The van der Waals surface area contributed by atoms with Gasteiger partial charge < -0.3 is 9.47 Å². The first-order chi connectivity index (χ1) is 15.8. The van der Waals surface area contributed by atoms with Crippen molar-refractivity contribution in [3.05, 3.63) is 95.7 Å². The third kappa shape index (κ3) is 7.16. The molecule has 5 nitrogen and oxygen atoms in total. The molecule has 2 atom stereocenters. The maximum Gasteiger partial charge on any atom is 0.308 e. The third-order valence-corrected chi connectivity index (χ3v) is 5.52. The number of hydrogen-bond donors (Lipinski definition) is 0. The van der Waals surface area contributed by atoms with Gasteiger partial charge in [-0.1, -0.05) is 66.7 Å². The van der Waals surface area contributed by atoms with Gasteiger partial charge in [0.15, 0.2) is 0 Å². The molecule has 0 bridgehead atoms. The number of carbonyl (C=O) groups excluding carboxylic acids is 1. The van der Waals surface area contributed by atoms with Gasteiger partial charge in [0.05, 0.1) is 13.5 Å². The van der Waals surface area contributed by atoms with Gasteiger partial charge in [-0.05, 0) is 44.4 Å². The summed E-state index contributed by atoms with van der Waals surface area (Å²) >= 11 is 0. The number of pyridine rings is 1. The van der Waals surface area contributed by atoms with Crippen LogP contribution in [0.15, 0.2) is 79.0 Å². The number of carbonyl (C=O) groups is 1. The molecule has 0 aliphatic heterocycles. The summed E-state index contributed by atoms with van der Waals surface area (Å²) in [5, 5.41) is 0. The number of aromatic nitrogens is 1. The zero-order chi connectivity index (χ0) is 23.8. The van der Waals surface area contributed by atoms with Crippen LogP contribution in [-0.4, -0.2) is 28.6 Å². The van der Waals surface area contributed by atoms with Crippen LogP contribution in [0.3, 0.4) is 0 Å². The van der Waals surface area contributed by atoms with Gasteiger partial charge >= 0.3 is 5.97 Å². The molecule has 0 amide bonds. The van der Waals surface area contributed by atoms with Crippen molar-refractivity contribution in [2.45, 2.75) is 58.3 Å². The lowest BCUT2D eigenvalue weighted by Crippen LogP contribution is -2.34. The van der Waals surface area contributed by atoms with Gasteiger partial charge in [0.1, 0.15) is 5.60 Å². The van der Waals surface area contributed by atoms with Crippen molar-refractivity contribution in [3.63, 3.8) is 0 Å². The Morgan fingerprint density at radius 1 is 0.939 bits per heavy atom. The predicted molar refractivity (Wildman–Crippen MR) is 131 cm³/mol. The first-order valence-electron chi connectivity index (χ1n) is 11.3. The van der Waals surface area contributed by atoms with E-state index in [1.54, 1.807) is 13.3 Å². The van der Waals surface area contributed by atoms with Crippen LogP contribution < -0.4 is 4.74 Å². The van der Waals surface area contributed by atoms with Crippen LogP contribution in [0.2, 0.25) is 0 Å². The van der Waals surface area contributed by atoms with E-state index in [1.807, 2.05) is 69.3 Å². The van der Waals surface area contributed by atoms with Crippen LogP contribution in [0, 0.1) is 0 Å². The minimum Gasteiger partial charge on any atom is -0.481 e. The van der Waals surface area contributed by atoms with Crippen molar-refractivity contribution in [2.75, 3.05) is 7.11 Å². The summed E-state index contributed by atoms with van der Waals surface area (Å²) in [5.41, 5.74) is 2.76. The Balaban J connectivity index is 2.02. The predicted octanol–water partition coefficient (Wildman–Crippen LogP) is 6.13. The minimum atomic E-state index is -0.547. The van der Waals surface area contributed by atoms with Gasteiger partial charge in [0.2, 0.25) is 5.88 Å². The lowest BCUT2D eigenvalue weighted by atomic mass is 9.97. The van der Waals surface area contributed by atoms with E-state index < -0.39 is 5.60 Å². The molecule has 2 unspecified atom stereocenters. The molecule has 0 aliphatic rings. The third-order valence-electron chi connectivity index (χ3n) is 5.52. The van der Waals surface area contributed by atoms with Crippen LogP contribution in [0.4, 0.5) is 0 Å². The Labute approximate surface area is 197 Å². The minimum absolute atomic E-state index is 0.0564. The summed E-state index contributed by atoms with van der Waals surface area (Å²) in [7, 11) is 1.60. The van der Waals surface area contributed by atoms with E-state index in [9.17, 15) is 4.79 Å². The average molecular weight is 447 g/mol. The molecular formula is C28H34N2O3. The number of esters is 1. The van der Waals surface area contributed by atoms with Gasteiger partial charge in [-0.2, -0.15) is 0 Å². The van der Waals surface area contributed by atoms with Crippen molar-refractivity contribution in [1.82, 2.24) is 9.88 Å². The summed E-state index contributed by atoms with van der Waals surface area (Å²) in [6.07, 6.45) is 2.01. The van der Waals surface area contributed by atoms with Gasteiger partial charge in [-0.15, -0.1) is 0 Å². The number of benzene rings is 2. The number of methoxy groups -OCH3 is 1. The topological polar surface area (TPSA) is 51.7 Å². The Morgan fingerprint density at radius 3 is 2.12 bits per heavy atom. The second-order valence-electron chi connectivity index (χ2n) is 9.18. The Morgan fingerprint density at radius 2 is 1.58 bits per heavy atom. The molecule has 0 aliphatic carbocycles. The fourth-order valence-electron chi connectivity index (χ4n) is 3.91. The van der Waals surface area contributed by atoms with Crippen LogP contribution >= 0.6 is 0 Å². The first kappa shape index (κ1) is 24.5. The lowest BCUT2D eigenvalue weighted by molar-refractivity contribution is -0.156. The molecule has 3 aromatic rings. The standard InChI is InChI=1S/C28H34N2O3/c1-21(23-14-10-7-11-15-23)30(20-22-12-8-6-9-13-22)25(18-27(31)33-28(2,3)4)24-16-17-26(32-5)29-19-24/h6-17,19,21,25H,18,20H2,1-5H3. The number of rotatable bonds is 9. The zero-order valence-electron chi connectivity index (χ0n) is 20.2. The van der Waals surface area contributed by atoms with E-state index in [4.69, 9.17) is 9.47 Å². The van der Waals surface area contributed by atoms with Crippen molar-refractivity contribution in [3.8, 4) is 5.88 Å². The molecule has 0 N–H and O–H groups in total. The monoisotopic (exact) mass is 446 g/mol. The molecule has 0 radical (unpaired) electrons. The van der Waals surface area contributed by atoms with E-state index in [0.29, 0.717) is 12.4 Å². The van der Waals surface area contributed by atoms with Crippen molar-refractivity contribution < 1.29 is 14.3 Å². The molecule has 0 saturated carbocycles. The van der Waals surface area contributed by atoms with E-state index in [2.05, 4.69) is 41.1 Å². The number of nitrogens with zero attached hydrogens (tertiary/aromatic N) is 2. The van der Waals surface area contributed by atoms with Crippen LogP contribution in [0.1, 0.15) is 62.9 Å². The molecule has 0 fully saturated rings. The average Bonchev–Trinajstić information content (AvgIpc) is 2.81. The van der Waals surface area contributed by atoms with E-state index in [0.717, 1.165) is 5.56 Å². The summed E-state index contributed by atoms with van der Waals surface area (Å²) in [6.45, 7) is 8.53. The molecule has 3 rings (SSSR count). The highest BCUT2D eigenvalue weighted by molar-refractivity contribution is 5.71. The Bertz CT molecular complexity index is 999. The Hall–Kier alpha value is -3.18. The van der Waals surface area contributed by atoms with Crippen molar-refractivity contribution in [2.24, 2.45) is 0 Å². The molecule has 0 spiro atoms. The van der Waals surface area contributed by atoms with Crippen molar-refractivity contribution in [1.29, 1.82) is 0 Å². The Kier molecular flexibility index (Phi) is 8.23. The van der Waals surface area contributed by atoms with Crippen molar-refractivity contribution >= 4 is 5.97 Å². The molecule has 33 heavy (non-hydrogen) atoms. The summed E-state index contributed by atoms with van der Waals surface area (Å²) < 4.78 is 11.0. The second-order valence-corrected chi connectivity index (χ2v) is 9.18. The molecule has 174 valence electrons. The summed E-state index contributed by atoms with van der Waals surface area (Å²) in [5.74, 6) is 0.308. The fraction of sp³-hybridized carbons (Fsp3) is 0.357.